The number of rotatable bonds is 1. The van der Waals surface area contributed by atoms with Gasteiger partial charge in [-0.05, 0) is 63.2 Å². The lowest BCUT2D eigenvalue weighted by atomic mass is 9.83. The van der Waals surface area contributed by atoms with Crippen LogP contribution in [-0.2, 0) is 0 Å². The SMILES string of the molecule is CC1=CCC2=C(CC[C@@H](C3NC(=S)NN3C)C2)NC(C)C=C1. The Balaban J connectivity index is 1.77. The molecule has 3 N–H and O–H groups in total. The number of hydrogen-bond donors (Lipinski definition) is 3. The smallest absolute Gasteiger partial charge is 0.182 e. The molecule has 0 spiro atoms. The largest absolute Gasteiger partial charge is 0.382 e. The van der Waals surface area contributed by atoms with Gasteiger partial charge in [-0.3, -0.25) is 5.43 Å². The fraction of sp³-hybridized carbons (Fsp3) is 0.588. The van der Waals surface area contributed by atoms with Gasteiger partial charge in [0.1, 0.15) is 6.17 Å². The number of thiocarbonyl (C=S) groups is 1. The van der Waals surface area contributed by atoms with Crippen molar-refractivity contribution in [2.75, 3.05) is 7.05 Å². The lowest BCUT2D eigenvalue weighted by Crippen LogP contribution is -2.43. The molecule has 2 unspecified atom stereocenters. The van der Waals surface area contributed by atoms with Gasteiger partial charge in [-0.15, -0.1) is 0 Å². The molecule has 1 saturated heterocycles. The topological polar surface area (TPSA) is 39.3 Å². The molecule has 0 saturated carbocycles. The van der Waals surface area contributed by atoms with Crippen molar-refractivity contribution in [2.45, 2.75) is 51.7 Å². The molecule has 0 aromatic carbocycles. The zero-order chi connectivity index (χ0) is 15.7. The molecule has 1 fully saturated rings. The quantitative estimate of drug-likeness (QED) is 0.648. The average molecular weight is 318 g/mol. The molecule has 120 valence electrons. The van der Waals surface area contributed by atoms with Gasteiger partial charge in [-0.25, -0.2) is 5.01 Å². The molecule has 3 aliphatic rings. The van der Waals surface area contributed by atoms with E-state index in [2.05, 4.69) is 60.2 Å². The minimum absolute atomic E-state index is 0.301. The van der Waals surface area contributed by atoms with E-state index >= 15 is 0 Å². The van der Waals surface area contributed by atoms with Crippen LogP contribution in [0.1, 0.15) is 39.5 Å². The average Bonchev–Trinajstić information content (AvgIpc) is 2.84. The summed E-state index contributed by atoms with van der Waals surface area (Å²) in [6.07, 6.45) is 11.6. The van der Waals surface area contributed by atoms with Crippen LogP contribution in [0.2, 0.25) is 0 Å². The standard InChI is InChI=1S/C17H26N4S/c1-11-4-6-12(2)18-15-9-8-14(10-13(15)7-5-11)16-19-17(22)20-21(16)3/h4-6,12,14,16,18H,7-10H2,1-3H3,(H2,19,20,22)/t12?,14-,16?/m1/s1. The second-order valence-corrected chi connectivity index (χ2v) is 7.08. The summed E-state index contributed by atoms with van der Waals surface area (Å²) < 4.78 is 0. The molecule has 2 heterocycles. The molecule has 0 amide bonds. The van der Waals surface area contributed by atoms with Crippen LogP contribution >= 0.6 is 12.2 Å². The van der Waals surface area contributed by atoms with E-state index in [0.29, 0.717) is 18.1 Å². The highest BCUT2D eigenvalue weighted by Crippen LogP contribution is 2.34. The Kier molecular flexibility index (Phi) is 4.54. The van der Waals surface area contributed by atoms with Crippen molar-refractivity contribution in [1.29, 1.82) is 0 Å². The summed E-state index contributed by atoms with van der Waals surface area (Å²) in [7, 11) is 2.07. The zero-order valence-electron chi connectivity index (χ0n) is 13.6. The summed E-state index contributed by atoms with van der Waals surface area (Å²) in [6, 6.07) is 0.393. The zero-order valence-corrected chi connectivity index (χ0v) is 14.5. The molecule has 22 heavy (non-hydrogen) atoms. The molecule has 5 heteroatoms. The van der Waals surface area contributed by atoms with Gasteiger partial charge in [0.05, 0.1) is 0 Å². The summed E-state index contributed by atoms with van der Waals surface area (Å²) >= 11 is 5.24. The summed E-state index contributed by atoms with van der Waals surface area (Å²) in [5, 5.41) is 9.96. The monoisotopic (exact) mass is 318 g/mol. The summed E-state index contributed by atoms with van der Waals surface area (Å²) in [4.78, 5) is 0. The lowest BCUT2D eigenvalue weighted by molar-refractivity contribution is 0.155. The third-order valence-electron chi connectivity index (χ3n) is 4.84. The van der Waals surface area contributed by atoms with Crippen LogP contribution in [0.5, 0.6) is 0 Å². The first-order valence-corrected chi connectivity index (χ1v) is 8.56. The van der Waals surface area contributed by atoms with Crippen LogP contribution < -0.4 is 16.1 Å². The minimum Gasteiger partial charge on any atom is -0.382 e. The number of hydrazine groups is 1. The van der Waals surface area contributed by atoms with Crippen LogP contribution in [-0.4, -0.2) is 29.4 Å². The Bertz CT molecular complexity index is 549. The van der Waals surface area contributed by atoms with Crippen LogP contribution in [0.15, 0.2) is 35.1 Å². The van der Waals surface area contributed by atoms with E-state index in [1.807, 2.05) is 0 Å². The maximum absolute atomic E-state index is 5.24. The van der Waals surface area contributed by atoms with Gasteiger partial charge >= 0.3 is 0 Å². The van der Waals surface area contributed by atoms with E-state index < -0.39 is 0 Å². The third-order valence-corrected chi connectivity index (χ3v) is 5.05. The maximum atomic E-state index is 5.24. The fourth-order valence-electron chi connectivity index (χ4n) is 3.60. The molecule has 2 aliphatic heterocycles. The molecule has 4 nitrogen and oxygen atoms in total. The van der Waals surface area contributed by atoms with Crippen molar-refractivity contribution >= 4 is 17.3 Å². The first-order valence-electron chi connectivity index (χ1n) is 8.15. The van der Waals surface area contributed by atoms with E-state index in [-0.39, 0.29) is 0 Å². The van der Waals surface area contributed by atoms with Crippen molar-refractivity contribution in [1.82, 2.24) is 21.1 Å². The van der Waals surface area contributed by atoms with Crippen molar-refractivity contribution in [3.63, 3.8) is 0 Å². The van der Waals surface area contributed by atoms with Crippen LogP contribution in [0.4, 0.5) is 0 Å². The summed E-state index contributed by atoms with van der Waals surface area (Å²) in [5.41, 5.74) is 7.54. The highest BCUT2D eigenvalue weighted by atomic mass is 32.1. The normalized spacial score (nSPS) is 33.0. The van der Waals surface area contributed by atoms with E-state index in [0.717, 1.165) is 24.4 Å². The molecule has 1 aliphatic carbocycles. The Hall–Kier alpha value is -1.33. The predicted molar refractivity (Wildman–Crippen MR) is 94.9 cm³/mol. The highest BCUT2D eigenvalue weighted by molar-refractivity contribution is 7.80. The van der Waals surface area contributed by atoms with Crippen molar-refractivity contribution in [3.05, 3.63) is 35.1 Å². The predicted octanol–water partition coefficient (Wildman–Crippen LogP) is 2.58. The van der Waals surface area contributed by atoms with Gasteiger partial charge in [0.25, 0.3) is 0 Å². The minimum atomic E-state index is 0.301. The number of allylic oxidation sites excluding steroid dienone is 5. The van der Waals surface area contributed by atoms with Crippen LogP contribution in [0.3, 0.4) is 0 Å². The van der Waals surface area contributed by atoms with E-state index in [4.69, 9.17) is 12.2 Å². The van der Waals surface area contributed by atoms with E-state index in [9.17, 15) is 0 Å². The van der Waals surface area contributed by atoms with Crippen LogP contribution in [0, 0.1) is 5.92 Å². The Labute approximate surface area is 138 Å². The van der Waals surface area contributed by atoms with Gasteiger partial charge in [-0.2, -0.15) is 0 Å². The fourth-order valence-corrected chi connectivity index (χ4v) is 3.86. The molecule has 3 rings (SSSR count). The van der Waals surface area contributed by atoms with Gasteiger partial charge in [0.2, 0.25) is 0 Å². The lowest BCUT2D eigenvalue weighted by Gasteiger charge is -2.34. The van der Waals surface area contributed by atoms with Crippen LogP contribution in [0.25, 0.3) is 0 Å². The van der Waals surface area contributed by atoms with E-state index in [1.165, 1.54) is 17.7 Å². The molecule has 0 radical (unpaired) electrons. The van der Waals surface area contributed by atoms with Gasteiger partial charge in [-0.1, -0.05) is 23.8 Å². The molecule has 0 bridgehead atoms. The van der Waals surface area contributed by atoms with Crippen molar-refractivity contribution in [3.8, 4) is 0 Å². The van der Waals surface area contributed by atoms with Gasteiger partial charge in [0.15, 0.2) is 5.11 Å². The Morgan fingerprint density at radius 2 is 2.14 bits per heavy atom. The van der Waals surface area contributed by atoms with Crippen molar-refractivity contribution in [2.24, 2.45) is 5.92 Å². The van der Waals surface area contributed by atoms with Crippen molar-refractivity contribution < 1.29 is 0 Å². The second kappa shape index (κ2) is 6.42. The first kappa shape index (κ1) is 15.6. The number of hydrogen-bond acceptors (Lipinski definition) is 3. The molecular weight excluding hydrogens is 292 g/mol. The Morgan fingerprint density at radius 3 is 2.86 bits per heavy atom. The van der Waals surface area contributed by atoms with Gasteiger partial charge < -0.3 is 10.6 Å². The maximum Gasteiger partial charge on any atom is 0.182 e. The van der Waals surface area contributed by atoms with Gasteiger partial charge in [0, 0.05) is 18.8 Å². The molecule has 0 aromatic heterocycles. The molecular formula is C17H26N4S. The molecule has 3 atom stereocenters. The highest BCUT2D eigenvalue weighted by Gasteiger charge is 2.34. The Morgan fingerprint density at radius 1 is 1.32 bits per heavy atom. The first-order chi connectivity index (χ1) is 10.5. The number of nitrogens with zero attached hydrogens (tertiary/aromatic N) is 1. The summed E-state index contributed by atoms with van der Waals surface area (Å²) in [5.74, 6) is 0.594. The number of nitrogens with one attached hydrogen (secondary N) is 3. The second-order valence-electron chi connectivity index (χ2n) is 6.67. The molecule has 0 aromatic rings. The van der Waals surface area contributed by atoms with E-state index in [1.54, 1.807) is 5.57 Å². The summed E-state index contributed by atoms with van der Waals surface area (Å²) in [6.45, 7) is 4.41. The third kappa shape index (κ3) is 3.36.